The monoisotopic (exact) mass is 744 g/mol. The number of hydrogen-bond donors (Lipinski definition) is 8. The fourth-order valence-electron chi connectivity index (χ4n) is 5.92. The van der Waals surface area contributed by atoms with E-state index in [0.29, 0.717) is 0 Å². The standard InChI is InChI=1S/C26H40N2O23/c1-43-11-7(31)9(33)25(50-15(11)19(35)36)47-14-8(32)10(34)26(51-18(14)22(41)42)46-13-6(30)4(28)24(49-17(13)21(39)40)45-12-5(29)3(27)23(44-2)48-16(12)20(37)38/h3-18,23-26,29-34H,27-28H2,1-2H3,(H,35,36)(H,37,38)(H,39,40)(H,41,42)/p-4/t3-,4?,5?,6-,7+,8?,9?,10?,11+,12-,13+,14+,15?,16?,17?,18-,23+,24-,25-,26-/m1/s1. The van der Waals surface area contributed by atoms with Crippen LogP contribution in [0.2, 0.25) is 0 Å². The highest BCUT2D eigenvalue weighted by atomic mass is 16.8. The molecule has 0 aromatic rings. The Morgan fingerprint density at radius 2 is 0.745 bits per heavy atom. The van der Waals surface area contributed by atoms with Crippen molar-refractivity contribution in [3.8, 4) is 0 Å². The van der Waals surface area contributed by atoms with E-state index >= 15 is 0 Å². The van der Waals surface area contributed by atoms with Crippen molar-refractivity contribution in [1.82, 2.24) is 0 Å². The van der Waals surface area contributed by atoms with Crippen molar-refractivity contribution < 1.29 is 113 Å². The number of aliphatic hydroxyl groups excluding tert-OH is 6. The summed E-state index contributed by atoms with van der Waals surface area (Å²) < 4.78 is 46.2. The zero-order chi connectivity index (χ0) is 38.2. The number of ether oxygens (including phenoxy) is 9. The predicted molar refractivity (Wildman–Crippen MR) is 139 cm³/mol. The van der Waals surface area contributed by atoms with Gasteiger partial charge < -0.3 is 124 Å². The minimum atomic E-state index is -2.48. The maximum atomic E-state index is 12.1. The van der Waals surface area contributed by atoms with Crippen LogP contribution >= 0.6 is 0 Å². The molecule has 25 nitrogen and oxygen atoms in total. The van der Waals surface area contributed by atoms with Gasteiger partial charge in [-0.05, 0) is 0 Å². The number of carboxylic acids is 4. The molecule has 0 aliphatic carbocycles. The molecule has 4 saturated heterocycles. The predicted octanol–water partition coefficient (Wildman–Crippen LogP) is -13.5. The molecule has 0 spiro atoms. The summed E-state index contributed by atoms with van der Waals surface area (Å²) in [6, 6.07) is -3.30. The fraction of sp³-hybridized carbons (Fsp3) is 0.846. The zero-order valence-electron chi connectivity index (χ0n) is 26.3. The lowest BCUT2D eigenvalue weighted by molar-refractivity contribution is -0.395. The number of aliphatic carboxylic acids is 4. The van der Waals surface area contributed by atoms with E-state index in [1.54, 1.807) is 0 Å². The summed E-state index contributed by atoms with van der Waals surface area (Å²) in [5, 5.41) is 111. The SMILES string of the molecule is CO[C@H]1OC(C(=O)[O-])[C@H](O[C@@H]2OC(C(=O)[O-])[C@@H](O[C@@H]3O[C@@H](C(=O)[O-])[C@@H](O[C@@H]4OC(C(=O)[O-])[C@@H](OC)[C@@H](O)C4O)C(O)C3O)[C@H](O)C2N)C(O)[C@H]1N. The summed E-state index contributed by atoms with van der Waals surface area (Å²) in [4.78, 5) is 47.4. The van der Waals surface area contributed by atoms with Gasteiger partial charge >= 0.3 is 0 Å². The molecule has 0 aromatic carbocycles. The van der Waals surface area contributed by atoms with Gasteiger partial charge in [-0.15, -0.1) is 0 Å². The van der Waals surface area contributed by atoms with Crippen molar-refractivity contribution in [3.63, 3.8) is 0 Å². The number of rotatable bonds is 12. The van der Waals surface area contributed by atoms with Gasteiger partial charge in [-0.1, -0.05) is 0 Å². The third-order valence-corrected chi connectivity index (χ3v) is 8.65. The molecule has 8 unspecified atom stereocenters. The Balaban J connectivity index is 1.51. The van der Waals surface area contributed by atoms with Gasteiger partial charge in [-0.2, -0.15) is 0 Å². The molecule has 0 radical (unpaired) electrons. The molecule has 4 fully saturated rings. The van der Waals surface area contributed by atoms with E-state index in [1.165, 1.54) is 0 Å². The van der Waals surface area contributed by atoms with E-state index in [1.807, 2.05) is 0 Å². The lowest BCUT2D eigenvalue weighted by atomic mass is 9.94. The maximum absolute atomic E-state index is 12.1. The van der Waals surface area contributed by atoms with Crippen molar-refractivity contribution >= 4 is 23.9 Å². The van der Waals surface area contributed by atoms with Gasteiger partial charge in [0, 0.05) is 14.2 Å². The van der Waals surface area contributed by atoms with E-state index in [4.69, 9.17) is 54.1 Å². The van der Waals surface area contributed by atoms with Crippen molar-refractivity contribution in [1.29, 1.82) is 0 Å². The molecule has 292 valence electrons. The van der Waals surface area contributed by atoms with Crippen molar-refractivity contribution in [2.24, 2.45) is 11.5 Å². The first kappa shape index (κ1) is 41.0. The molecule has 51 heavy (non-hydrogen) atoms. The van der Waals surface area contributed by atoms with E-state index in [0.717, 1.165) is 14.2 Å². The Morgan fingerprint density at radius 3 is 1.12 bits per heavy atom. The summed E-state index contributed by atoms with van der Waals surface area (Å²) >= 11 is 0. The summed E-state index contributed by atoms with van der Waals surface area (Å²) in [6.45, 7) is 0. The third kappa shape index (κ3) is 8.09. The first-order valence-corrected chi connectivity index (χ1v) is 14.9. The summed E-state index contributed by atoms with van der Waals surface area (Å²) in [5.41, 5.74) is 11.8. The number of aliphatic hydroxyl groups is 6. The number of hydrogen-bond acceptors (Lipinski definition) is 25. The molecule has 0 aromatic heterocycles. The van der Waals surface area contributed by atoms with Crippen LogP contribution in [0, 0.1) is 0 Å². The Bertz CT molecular complexity index is 1260. The molecular weight excluding hydrogens is 708 g/mol. The van der Waals surface area contributed by atoms with Crippen LogP contribution in [0.5, 0.6) is 0 Å². The van der Waals surface area contributed by atoms with Crippen LogP contribution in [0.25, 0.3) is 0 Å². The number of nitrogens with two attached hydrogens (primary N) is 2. The lowest BCUT2D eigenvalue weighted by Crippen LogP contribution is -2.71. The molecule has 4 aliphatic heterocycles. The molecule has 25 heteroatoms. The number of carbonyl (C=O) groups excluding carboxylic acids is 4. The lowest BCUT2D eigenvalue weighted by Gasteiger charge is -2.50. The minimum absolute atomic E-state index is 0.970. The molecule has 4 heterocycles. The number of carboxylic acid groups (broad SMARTS) is 4. The van der Waals surface area contributed by atoms with Crippen LogP contribution in [0.4, 0.5) is 0 Å². The van der Waals surface area contributed by atoms with Gasteiger partial charge in [0.15, 0.2) is 25.2 Å². The van der Waals surface area contributed by atoms with Gasteiger partial charge in [-0.3, -0.25) is 0 Å². The van der Waals surface area contributed by atoms with Crippen molar-refractivity contribution in [2.45, 2.75) is 123 Å². The van der Waals surface area contributed by atoms with Gasteiger partial charge in [0.05, 0.1) is 36.0 Å². The van der Waals surface area contributed by atoms with Gasteiger partial charge in [0.25, 0.3) is 0 Å². The number of methoxy groups -OCH3 is 2. The highest BCUT2D eigenvalue weighted by molar-refractivity contribution is 5.72. The Kier molecular flexibility index (Phi) is 13.2. The van der Waals surface area contributed by atoms with Gasteiger partial charge in [-0.25, -0.2) is 0 Å². The van der Waals surface area contributed by atoms with Crippen LogP contribution in [0.15, 0.2) is 0 Å². The molecule has 0 saturated carbocycles. The molecule has 0 amide bonds. The Hall–Kier alpha value is -2.80. The molecule has 4 rings (SSSR count). The van der Waals surface area contributed by atoms with E-state index < -0.39 is 147 Å². The van der Waals surface area contributed by atoms with Gasteiger partial charge in [0.1, 0.15) is 85.5 Å². The maximum Gasteiger partial charge on any atom is 0.187 e. The van der Waals surface area contributed by atoms with E-state index in [-0.39, 0.29) is 0 Å². The Morgan fingerprint density at radius 1 is 0.451 bits per heavy atom. The molecular formula is C26H36N2O23-4. The quantitative estimate of drug-likeness (QED) is 0.0919. The first-order valence-electron chi connectivity index (χ1n) is 14.9. The smallest absolute Gasteiger partial charge is 0.187 e. The fourth-order valence-corrected chi connectivity index (χ4v) is 5.92. The highest BCUT2D eigenvalue weighted by Crippen LogP contribution is 2.34. The topological polar surface area (TPSA) is 417 Å². The molecule has 0 bridgehead atoms. The second-order valence-electron chi connectivity index (χ2n) is 11.8. The highest BCUT2D eigenvalue weighted by Gasteiger charge is 2.55. The number of carbonyl (C=O) groups is 4. The van der Waals surface area contributed by atoms with Crippen LogP contribution < -0.4 is 31.9 Å². The molecule has 4 aliphatic rings. The van der Waals surface area contributed by atoms with E-state index in [2.05, 4.69) is 0 Å². The third-order valence-electron chi connectivity index (χ3n) is 8.65. The van der Waals surface area contributed by atoms with Crippen LogP contribution in [0.3, 0.4) is 0 Å². The average Bonchev–Trinajstić information content (AvgIpc) is 3.07. The normalized spacial score (nSPS) is 47.7. The second-order valence-corrected chi connectivity index (χ2v) is 11.8. The average molecular weight is 745 g/mol. The van der Waals surface area contributed by atoms with E-state index in [9.17, 15) is 70.2 Å². The summed E-state index contributed by atoms with van der Waals surface area (Å²) in [6.07, 6.45) is -38.4. The zero-order valence-corrected chi connectivity index (χ0v) is 26.3. The summed E-state index contributed by atoms with van der Waals surface area (Å²) in [7, 11) is 2.06. The van der Waals surface area contributed by atoms with Crippen LogP contribution in [-0.4, -0.2) is 191 Å². The van der Waals surface area contributed by atoms with Crippen molar-refractivity contribution in [3.05, 3.63) is 0 Å². The Labute approximate surface area is 285 Å². The first-order chi connectivity index (χ1) is 23.9. The van der Waals surface area contributed by atoms with Crippen LogP contribution in [0.1, 0.15) is 0 Å². The summed E-state index contributed by atoms with van der Waals surface area (Å²) in [5.74, 6) is -8.20. The largest absolute Gasteiger partial charge is 0.547 e. The second kappa shape index (κ2) is 16.5. The molecule has 10 N–H and O–H groups in total. The van der Waals surface area contributed by atoms with Gasteiger partial charge in [0.2, 0.25) is 0 Å². The minimum Gasteiger partial charge on any atom is -0.547 e. The molecule has 20 atom stereocenters. The van der Waals surface area contributed by atoms with Crippen LogP contribution in [-0.2, 0) is 61.8 Å². The van der Waals surface area contributed by atoms with Crippen molar-refractivity contribution in [2.75, 3.05) is 14.2 Å².